The molecular formula is C27H36N4O6S2. The molecule has 1 aliphatic carbocycles. The summed E-state index contributed by atoms with van der Waals surface area (Å²) in [6.07, 6.45) is 5.73. The first-order valence-electron chi connectivity index (χ1n) is 13.0. The highest BCUT2D eigenvalue weighted by Gasteiger charge is 2.35. The second-order valence-corrected chi connectivity index (χ2v) is 14.5. The van der Waals surface area contributed by atoms with Crippen LogP contribution in [-0.2, 0) is 24.8 Å². The molecule has 212 valence electrons. The normalized spacial score (nSPS) is 20.6. The third kappa shape index (κ3) is 7.37. The van der Waals surface area contributed by atoms with Crippen LogP contribution in [0.3, 0.4) is 0 Å². The Morgan fingerprint density at radius 1 is 0.923 bits per heavy atom. The van der Waals surface area contributed by atoms with Crippen LogP contribution in [0.25, 0.3) is 0 Å². The lowest BCUT2D eigenvalue weighted by molar-refractivity contribution is -0.122. The lowest BCUT2D eigenvalue weighted by Gasteiger charge is -2.46. The van der Waals surface area contributed by atoms with E-state index >= 15 is 0 Å². The van der Waals surface area contributed by atoms with Gasteiger partial charge < -0.3 is 10.6 Å². The molecule has 2 amide bonds. The quantitative estimate of drug-likeness (QED) is 0.466. The van der Waals surface area contributed by atoms with E-state index in [4.69, 9.17) is 0 Å². The fraction of sp³-hybridized carbons (Fsp3) is 0.481. The first-order valence-corrected chi connectivity index (χ1v) is 16.7. The summed E-state index contributed by atoms with van der Waals surface area (Å²) in [6.45, 7) is 3.43. The number of hydrogen-bond acceptors (Lipinski definition) is 7. The SMILES string of the molecule is Cc1cccc(C(=O)NCC(=O)NC2CN([C@H]3CC[C@@H](c4ccc(N(S(C)(=O)=O)S(C)(=O)=O)cc4)CC3)C2)c1. The minimum atomic E-state index is -3.96. The third-order valence-electron chi connectivity index (χ3n) is 7.36. The molecule has 10 nitrogen and oxygen atoms in total. The molecule has 0 bridgehead atoms. The molecular weight excluding hydrogens is 540 g/mol. The number of anilines is 1. The minimum Gasteiger partial charge on any atom is -0.349 e. The smallest absolute Gasteiger partial charge is 0.251 e. The van der Waals surface area contributed by atoms with E-state index in [0.717, 1.165) is 62.4 Å². The van der Waals surface area contributed by atoms with Gasteiger partial charge in [0.1, 0.15) is 0 Å². The van der Waals surface area contributed by atoms with E-state index < -0.39 is 20.0 Å². The third-order valence-corrected chi connectivity index (χ3v) is 10.6. The van der Waals surface area contributed by atoms with Gasteiger partial charge in [-0.2, -0.15) is 3.71 Å². The number of nitrogens with one attached hydrogen (secondary N) is 2. The van der Waals surface area contributed by atoms with Crippen molar-refractivity contribution in [2.45, 2.75) is 50.6 Å². The first kappa shape index (κ1) is 29.0. The van der Waals surface area contributed by atoms with Crippen LogP contribution in [0.4, 0.5) is 5.69 Å². The van der Waals surface area contributed by atoms with E-state index in [1.165, 1.54) is 0 Å². The van der Waals surface area contributed by atoms with Crippen molar-refractivity contribution < 1.29 is 26.4 Å². The van der Waals surface area contributed by atoms with Crippen molar-refractivity contribution in [2.24, 2.45) is 0 Å². The summed E-state index contributed by atoms with van der Waals surface area (Å²) in [4.78, 5) is 26.9. The van der Waals surface area contributed by atoms with Crippen molar-refractivity contribution in [1.29, 1.82) is 0 Å². The maximum atomic E-state index is 12.3. The molecule has 1 heterocycles. The fourth-order valence-electron chi connectivity index (χ4n) is 5.50. The van der Waals surface area contributed by atoms with E-state index in [2.05, 4.69) is 15.5 Å². The van der Waals surface area contributed by atoms with Crippen LogP contribution in [-0.4, -0.2) is 77.8 Å². The number of carbonyl (C=O) groups excluding carboxylic acids is 2. The van der Waals surface area contributed by atoms with Crippen molar-refractivity contribution in [2.75, 3.05) is 35.9 Å². The number of rotatable bonds is 9. The van der Waals surface area contributed by atoms with Crippen LogP contribution < -0.4 is 14.3 Å². The number of amides is 2. The highest BCUT2D eigenvalue weighted by molar-refractivity contribution is 8.09. The van der Waals surface area contributed by atoms with Gasteiger partial charge in [-0.25, -0.2) is 16.8 Å². The molecule has 2 fully saturated rings. The van der Waals surface area contributed by atoms with Gasteiger partial charge in [0.25, 0.3) is 5.91 Å². The summed E-state index contributed by atoms with van der Waals surface area (Å²) >= 11 is 0. The Bertz CT molecular complexity index is 1380. The molecule has 2 aliphatic rings. The summed E-state index contributed by atoms with van der Waals surface area (Å²) in [5.74, 6) is -0.134. The zero-order chi connectivity index (χ0) is 28.4. The number of likely N-dealkylation sites (tertiary alicyclic amines) is 1. The van der Waals surface area contributed by atoms with Gasteiger partial charge in [0, 0.05) is 24.7 Å². The predicted molar refractivity (Wildman–Crippen MR) is 151 cm³/mol. The number of nitrogens with zero attached hydrogens (tertiary/aromatic N) is 2. The molecule has 0 aromatic heterocycles. The second kappa shape index (κ2) is 11.6. The van der Waals surface area contributed by atoms with E-state index in [1.807, 2.05) is 31.2 Å². The highest BCUT2D eigenvalue weighted by Crippen LogP contribution is 2.37. The van der Waals surface area contributed by atoms with Gasteiger partial charge in [-0.1, -0.05) is 29.8 Å². The van der Waals surface area contributed by atoms with Crippen LogP contribution in [0.15, 0.2) is 48.5 Å². The average molecular weight is 577 g/mol. The van der Waals surface area contributed by atoms with Crippen LogP contribution in [0, 0.1) is 6.92 Å². The first-order chi connectivity index (χ1) is 18.3. The Labute approximate surface area is 230 Å². The van der Waals surface area contributed by atoms with Gasteiger partial charge in [-0.05, 0) is 68.4 Å². The van der Waals surface area contributed by atoms with Crippen molar-refractivity contribution in [3.8, 4) is 0 Å². The molecule has 4 rings (SSSR count). The number of hydrogen-bond donors (Lipinski definition) is 2. The van der Waals surface area contributed by atoms with Gasteiger partial charge in [-0.3, -0.25) is 14.5 Å². The summed E-state index contributed by atoms with van der Waals surface area (Å²) in [5, 5.41) is 5.66. The maximum Gasteiger partial charge on any atom is 0.251 e. The largest absolute Gasteiger partial charge is 0.349 e. The molecule has 2 aromatic rings. The van der Waals surface area contributed by atoms with Crippen molar-refractivity contribution in [1.82, 2.24) is 15.5 Å². The van der Waals surface area contributed by atoms with Crippen LogP contribution in [0.1, 0.15) is 53.1 Å². The summed E-state index contributed by atoms with van der Waals surface area (Å²) in [7, 11) is -7.93. The number of aryl methyl sites for hydroxylation is 1. The van der Waals surface area contributed by atoms with Gasteiger partial charge in [-0.15, -0.1) is 0 Å². The number of benzene rings is 2. The van der Waals surface area contributed by atoms with Crippen LogP contribution in [0.5, 0.6) is 0 Å². The molecule has 39 heavy (non-hydrogen) atoms. The predicted octanol–water partition coefficient (Wildman–Crippen LogP) is 1.98. The Balaban J connectivity index is 1.20. The van der Waals surface area contributed by atoms with E-state index in [9.17, 15) is 26.4 Å². The van der Waals surface area contributed by atoms with Crippen LogP contribution in [0.2, 0.25) is 0 Å². The summed E-state index contributed by atoms with van der Waals surface area (Å²) in [6, 6.07) is 14.5. The molecule has 12 heteroatoms. The molecule has 2 aromatic carbocycles. The molecule has 0 spiro atoms. The summed E-state index contributed by atoms with van der Waals surface area (Å²) < 4.78 is 48.5. The van der Waals surface area contributed by atoms with Crippen molar-refractivity contribution >= 4 is 37.5 Å². The molecule has 0 atom stereocenters. The molecule has 2 N–H and O–H groups in total. The number of carbonyl (C=O) groups is 2. The number of sulfonamides is 2. The van der Waals surface area contributed by atoms with Gasteiger partial charge in [0.15, 0.2) is 0 Å². The van der Waals surface area contributed by atoms with E-state index in [0.29, 0.717) is 21.2 Å². The van der Waals surface area contributed by atoms with E-state index in [1.54, 1.807) is 24.3 Å². The maximum absolute atomic E-state index is 12.3. The zero-order valence-corrected chi connectivity index (χ0v) is 24.1. The Kier molecular flexibility index (Phi) is 8.67. The van der Waals surface area contributed by atoms with Crippen molar-refractivity contribution in [3.05, 3.63) is 65.2 Å². The lowest BCUT2D eigenvalue weighted by atomic mass is 9.80. The van der Waals surface area contributed by atoms with Crippen molar-refractivity contribution in [3.63, 3.8) is 0 Å². The van der Waals surface area contributed by atoms with Gasteiger partial charge in [0.05, 0.1) is 30.8 Å². The molecule has 1 aliphatic heterocycles. The Morgan fingerprint density at radius 2 is 1.54 bits per heavy atom. The minimum absolute atomic E-state index is 0.0562. The summed E-state index contributed by atoms with van der Waals surface area (Å²) in [5.41, 5.74) is 2.70. The topological polar surface area (TPSA) is 133 Å². The Morgan fingerprint density at radius 3 is 2.10 bits per heavy atom. The van der Waals surface area contributed by atoms with Crippen LogP contribution >= 0.6 is 0 Å². The highest BCUT2D eigenvalue weighted by atomic mass is 32.3. The fourth-order valence-corrected chi connectivity index (χ4v) is 8.48. The van der Waals surface area contributed by atoms with E-state index in [-0.39, 0.29) is 30.1 Å². The monoisotopic (exact) mass is 576 g/mol. The zero-order valence-electron chi connectivity index (χ0n) is 22.5. The average Bonchev–Trinajstić information content (AvgIpc) is 2.83. The van der Waals surface area contributed by atoms with Gasteiger partial charge in [0.2, 0.25) is 26.0 Å². The molecule has 1 saturated carbocycles. The second-order valence-electron chi connectivity index (χ2n) is 10.6. The van der Waals surface area contributed by atoms with Gasteiger partial charge >= 0.3 is 0 Å². The molecule has 0 radical (unpaired) electrons. The Hall–Kier alpha value is -2.96. The lowest BCUT2D eigenvalue weighted by Crippen LogP contribution is -2.63. The molecule has 1 saturated heterocycles. The molecule has 0 unspecified atom stereocenters. The standard InChI is InChI=1S/C27H36N4O6S2/c1-19-5-4-6-22(15-19)27(33)28-16-26(32)29-23-17-30(18-23)24-11-7-20(8-12-24)21-9-13-25(14-10-21)31(38(2,34)35)39(3,36)37/h4-6,9-10,13-15,20,23-24H,7-8,11-12,16-18H2,1-3H3,(H,28,33)(H,29,32)/t20-,24+.